The second-order valence-corrected chi connectivity index (χ2v) is 8.67. The minimum Gasteiger partial charge on any atom is -0.423 e. The second kappa shape index (κ2) is 7.35. The van der Waals surface area contributed by atoms with Gasteiger partial charge in [-0.1, -0.05) is 54.1 Å². The van der Waals surface area contributed by atoms with Crippen LogP contribution in [0.15, 0.2) is 77.9 Å². The first-order valence-corrected chi connectivity index (χ1v) is 11.0. The number of fused-ring (bicyclic) bond motifs is 4. The number of likely N-dealkylation sites (N-methyl/N-ethyl adjacent to an activating group) is 1. The molecule has 164 valence electrons. The first-order chi connectivity index (χ1) is 16.0. The molecule has 8 heteroatoms. The zero-order valence-corrected chi connectivity index (χ0v) is 18.4. The Kier molecular flexibility index (Phi) is 4.41. The molecule has 3 amide bonds. The van der Waals surface area contributed by atoms with Crippen molar-refractivity contribution < 1.29 is 14.3 Å². The second-order valence-electron chi connectivity index (χ2n) is 8.24. The van der Waals surface area contributed by atoms with Crippen molar-refractivity contribution in [3.8, 4) is 0 Å². The minimum absolute atomic E-state index is 0.185. The molecule has 0 spiro atoms. The normalized spacial score (nSPS) is 21.7. The number of aliphatic imine (C=N–C) groups is 1. The molecule has 3 aromatic rings. The van der Waals surface area contributed by atoms with Crippen LogP contribution in [0.2, 0.25) is 5.02 Å². The average Bonchev–Trinajstić information content (AvgIpc) is 3.39. The van der Waals surface area contributed by atoms with Gasteiger partial charge in [0.1, 0.15) is 0 Å². The van der Waals surface area contributed by atoms with Crippen molar-refractivity contribution in [3.05, 3.63) is 89.1 Å². The van der Waals surface area contributed by atoms with Crippen LogP contribution in [0.4, 0.5) is 4.79 Å². The van der Waals surface area contributed by atoms with Crippen molar-refractivity contribution in [2.75, 3.05) is 7.05 Å². The molecule has 1 fully saturated rings. The summed E-state index contributed by atoms with van der Waals surface area (Å²) in [6.45, 7) is 0.185. The predicted octanol–water partition coefficient (Wildman–Crippen LogP) is 4.28. The number of hydrogen-bond acceptors (Lipinski definition) is 5. The number of nitrogens with zero attached hydrogens (tertiary/aromatic N) is 4. The molecule has 3 aliphatic heterocycles. The van der Waals surface area contributed by atoms with Crippen molar-refractivity contribution >= 4 is 46.1 Å². The van der Waals surface area contributed by atoms with Crippen LogP contribution in [-0.2, 0) is 16.1 Å². The fourth-order valence-electron chi connectivity index (χ4n) is 4.57. The molecule has 6 rings (SSSR count). The summed E-state index contributed by atoms with van der Waals surface area (Å²) in [5.41, 5.74) is 1.74. The molecule has 0 bridgehead atoms. The number of ether oxygens (including phenoxy) is 1. The van der Waals surface area contributed by atoms with Crippen molar-refractivity contribution in [2.45, 2.75) is 18.8 Å². The lowest BCUT2D eigenvalue weighted by Gasteiger charge is -2.39. The smallest absolute Gasteiger partial charge is 0.328 e. The van der Waals surface area contributed by atoms with Crippen LogP contribution in [-0.4, -0.2) is 51.9 Å². The summed E-state index contributed by atoms with van der Waals surface area (Å²) < 4.78 is 5.93. The van der Waals surface area contributed by atoms with Crippen LogP contribution in [0.25, 0.3) is 16.5 Å². The number of imide groups is 1. The number of benzene rings is 3. The topological polar surface area (TPSA) is 65.5 Å². The monoisotopic (exact) mass is 458 g/mol. The Bertz CT molecular complexity index is 1360. The van der Waals surface area contributed by atoms with E-state index in [1.165, 1.54) is 9.80 Å². The number of amides is 3. The highest BCUT2D eigenvalue weighted by molar-refractivity contribution is 6.30. The third-order valence-electron chi connectivity index (χ3n) is 6.29. The SMILES string of the molecule is CN1C(=O)N(Cc2cccc3ccccc23)C(=O)C2C1N=C1OC(c3ccc(Cl)cc3)=CN12. The molecule has 2 unspecified atom stereocenters. The van der Waals surface area contributed by atoms with Crippen molar-refractivity contribution in [2.24, 2.45) is 4.99 Å². The Morgan fingerprint density at radius 3 is 2.58 bits per heavy atom. The molecule has 0 radical (unpaired) electrons. The van der Waals surface area contributed by atoms with E-state index in [-0.39, 0.29) is 18.5 Å². The fraction of sp³-hybridized carbons (Fsp3) is 0.160. The fourth-order valence-corrected chi connectivity index (χ4v) is 4.70. The van der Waals surface area contributed by atoms with Gasteiger partial charge in [-0.3, -0.25) is 14.6 Å². The van der Waals surface area contributed by atoms with Crippen LogP contribution in [0.5, 0.6) is 0 Å². The number of urea groups is 1. The Hall–Kier alpha value is -3.84. The van der Waals surface area contributed by atoms with Crippen LogP contribution >= 0.6 is 11.6 Å². The molecule has 2 atom stereocenters. The van der Waals surface area contributed by atoms with Gasteiger partial charge in [0.15, 0.2) is 18.0 Å². The third kappa shape index (κ3) is 3.08. The number of hydrogen-bond donors (Lipinski definition) is 0. The lowest BCUT2D eigenvalue weighted by molar-refractivity contribution is -0.137. The number of carbonyl (C=O) groups is 2. The van der Waals surface area contributed by atoms with E-state index in [1.54, 1.807) is 30.3 Å². The molecule has 3 aromatic carbocycles. The summed E-state index contributed by atoms with van der Waals surface area (Å²) in [5, 5.41) is 2.71. The van der Waals surface area contributed by atoms with Crippen molar-refractivity contribution in [3.63, 3.8) is 0 Å². The molecule has 1 saturated heterocycles. The highest BCUT2D eigenvalue weighted by Gasteiger charge is 2.54. The zero-order valence-electron chi connectivity index (χ0n) is 17.7. The molecular weight excluding hydrogens is 440 g/mol. The first-order valence-electron chi connectivity index (χ1n) is 10.6. The van der Waals surface area contributed by atoms with Gasteiger partial charge in [0.2, 0.25) is 0 Å². The van der Waals surface area contributed by atoms with E-state index in [4.69, 9.17) is 16.3 Å². The molecule has 0 N–H and O–H groups in total. The summed E-state index contributed by atoms with van der Waals surface area (Å²) in [4.78, 5) is 35.8. The lowest BCUT2D eigenvalue weighted by atomic mass is 10.0. The van der Waals surface area contributed by atoms with Gasteiger partial charge in [-0.2, -0.15) is 0 Å². The maximum atomic E-state index is 13.6. The Balaban J connectivity index is 1.33. The lowest BCUT2D eigenvalue weighted by Crippen LogP contribution is -2.63. The maximum Gasteiger partial charge on any atom is 0.328 e. The number of carbonyl (C=O) groups excluding carboxylic acids is 2. The Labute approximate surface area is 195 Å². The summed E-state index contributed by atoms with van der Waals surface area (Å²) in [7, 11) is 1.67. The quantitative estimate of drug-likeness (QED) is 0.587. The van der Waals surface area contributed by atoms with Crippen LogP contribution in [0, 0.1) is 0 Å². The van der Waals surface area contributed by atoms with Crippen LogP contribution in [0.3, 0.4) is 0 Å². The van der Waals surface area contributed by atoms with Gasteiger partial charge in [0, 0.05) is 17.6 Å². The summed E-state index contributed by atoms with van der Waals surface area (Å²) in [6.07, 6.45) is 1.14. The van der Waals surface area contributed by atoms with Gasteiger partial charge in [-0.05, 0) is 40.6 Å². The van der Waals surface area contributed by atoms with Gasteiger partial charge in [0.05, 0.1) is 12.7 Å². The highest BCUT2D eigenvalue weighted by atomic mass is 35.5. The van der Waals surface area contributed by atoms with Crippen LogP contribution in [0.1, 0.15) is 11.1 Å². The maximum absolute atomic E-state index is 13.6. The number of amidine groups is 1. The van der Waals surface area contributed by atoms with E-state index in [0.29, 0.717) is 16.8 Å². The number of halogens is 1. The van der Waals surface area contributed by atoms with Gasteiger partial charge in [0.25, 0.3) is 11.9 Å². The van der Waals surface area contributed by atoms with Gasteiger partial charge >= 0.3 is 6.03 Å². The Morgan fingerprint density at radius 1 is 1.00 bits per heavy atom. The minimum atomic E-state index is -0.678. The first kappa shape index (κ1) is 19.8. The van der Waals surface area contributed by atoms with Gasteiger partial charge in [-0.25, -0.2) is 9.79 Å². The van der Waals surface area contributed by atoms with Crippen molar-refractivity contribution in [1.82, 2.24) is 14.7 Å². The van der Waals surface area contributed by atoms with E-state index in [0.717, 1.165) is 21.9 Å². The predicted molar refractivity (Wildman–Crippen MR) is 125 cm³/mol. The zero-order chi connectivity index (χ0) is 22.7. The Morgan fingerprint density at radius 2 is 1.76 bits per heavy atom. The van der Waals surface area contributed by atoms with E-state index in [2.05, 4.69) is 4.99 Å². The average molecular weight is 459 g/mol. The molecule has 0 saturated carbocycles. The molecule has 0 aromatic heterocycles. The molecule has 33 heavy (non-hydrogen) atoms. The third-order valence-corrected chi connectivity index (χ3v) is 6.54. The highest BCUT2D eigenvalue weighted by Crippen LogP contribution is 2.36. The van der Waals surface area contributed by atoms with E-state index in [9.17, 15) is 9.59 Å². The largest absolute Gasteiger partial charge is 0.423 e. The van der Waals surface area contributed by atoms with Gasteiger partial charge < -0.3 is 9.64 Å². The summed E-state index contributed by atoms with van der Waals surface area (Å²) >= 11 is 5.99. The molecule has 7 nitrogen and oxygen atoms in total. The number of rotatable bonds is 3. The molecule has 3 aliphatic rings. The summed E-state index contributed by atoms with van der Waals surface area (Å²) in [5.74, 6) is 0.281. The molecular formula is C25H19ClN4O3. The standard InChI is InChI=1S/C25H19ClN4O3/c1-28-22-21(29-14-20(33-24(29)27-22)16-9-11-18(26)12-10-16)23(31)30(25(28)32)13-17-7-4-6-15-5-2-3-8-19(15)17/h2-12,14,21-22H,13H2,1H3. The molecule has 0 aliphatic carbocycles. The van der Waals surface area contributed by atoms with Crippen molar-refractivity contribution in [1.29, 1.82) is 0 Å². The molecule has 3 heterocycles. The van der Waals surface area contributed by atoms with Crippen LogP contribution < -0.4 is 0 Å². The van der Waals surface area contributed by atoms with E-state index in [1.807, 2.05) is 54.6 Å². The van der Waals surface area contributed by atoms with E-state index < -0.39 is 12.2 Å². The summed E-state index contributed by atoms with van der Waals surface area (Å²) in [6, 6.07) is 20.4. The van der Waals surface area contributed by atoms with E-state index >= 15 is 0 Å². The van der Waals surface area contributed by atoms with Gasteiger partial charge in [-0.15, -0.1) is 0 Å².